The molecule has 0 unspecified atom stereocenters. The summed E-state index contributed by atoms with van der Waals surface area (Å²) in [6.07, 6.45) is -1.20. The molecule has 156 valence electrons. The highest BCUT2D eigenvalue weighted by atomic mass is 19.4. The summed E-state index contributed by atoms with van der Waals surface area (Å²) in [7, 11) is 0. The zero-order valence-electron chi connectivity index (χ0n) is 15.4. The van der Waals surface area contributed by atoms with Gasteiger partial charge < -0.3 is 15.4 Å². The van der Waals surface area contributed by atoms with Gasteiger partial charge in [0.1, 0.15) is 18.1 Å². The molecule has 0 atom stereocenters. The summed E-state index contributed by atoms with van der Waals surface area (Å²) in [4.78, 5) is 19.7. The first-order chi connectivity index (χ1) is 13.8. The van der Waals surface area contributed by atoms with Crippen LogP contribution < -0.4 is 15.4 Å². The Morgan fingerprint density at radius 1 is 1.17 bits per heavy atom. The molecule has 2 amide bonds. The average molecular weight is 412 g/mol. The molecule has 0 aliphatic heterocycles. The van der Waals surface area contributed by atoms with Gasteiger partial charge in [0.05, 0.1) is 5.41 Å². The molecule has 1 aliphatic rings. The second kappa shape index (κ2) is 8.62. The van der Waals surface area contributed by atoms with Crippen LogP contribution in [0.15, 0.2) is 36.7 Å². The molecule has 1 saturated carbocycles. The molecule has 29 heavy (non-hydrogen) atoms. The molecule has 0 radical (unpaired) electrons. The van der Waals surface area contributed by atoms with Crippen molar-refractivity contribution in [2.75, 3.05) is 6.54 Å². The van der Waals surface area contributed by atoms with Crippen LogP contribution in [0.5, 0.6) is 5.88 Å². The van der Waals surface area contributed by atoms with Gasteiger partial charge in [-0.3, -0.25) is 4.98 Å². The number of ether oxygens (including phenoxy) is 1. The summed E-state index contributed by atoms with van der Waals surface area (Å²) in [5, 5.41) is 5.01. The van der Waals surface area contributed by atoms with E-state index in [1.54, 1.807) is 12.1 Å². The standard InChI is InChI=1S/C19H20F4N4O2/c20-14-2-1-7-24-15(14)12-29-16-10-13(3-8-25-16)11-27-17(28)26-9-6-18(4-5-18)19(21,22)23/h1-3,7-8,10H,4-6,9,11-12H2,(H2,26,27,28). The largest absolute Gasteiger partial charge is 0.471 e. The van der Waals surface area contributed by atoms with Crippen molar-refractivity contribution in [2.24, 2.45) is 5.41 Å². The number of hydrogen-bond donors (Lipinski definition) is 2. The Morgan fingerprint density at radius 2 is 1.97 bits per heavy atom. The fraction of sp³-hybridized carbons (Fsp3) is 0.421. The normalized spacial score (nSPS) is 14.9. The first-order valence-electron chi connectivity index (χ1n) is 9.05. The molecule has 2 N–H and O–H groups in total. The van der Waals surface area contributed by atoms with Crippen LogP contribution in [0.25, 0.3) is 0 Å². The summed E-state index contributed by atoms with van der Waals surface area (Å²) in [5.41, 5.74) is -0.824. The number of alkyl halides is 3. The Bertz CT molecular complexity index is 856. The second-order valence-electron chi connectivity index (χ2n) is 6.86. The minimum absolute atomic E-state index is 0.0499. The molecule has 0 spiro atoms. The van der Waals surface area contributed by atoms with E-state index in [4.69, 9.17) is 4.74 Å². The molecule has 2 aromatic rings. The van der Waals surface area contributed by atoms with Crippen molar-refractivity contribution in [1.29, 1.82) is 0 Å². The Hall–Kier alpha value is -2.91. The van der Waals surface area contributed by atoms with Gasteiger partial charge in [0.25, 0.3) is 0 Å². The van der Waals surface area contributed by atoms with E-state index in [1.165, 1.54) is 24.5 Å². The maximum Gasteiger partial charge on any atom is 0.394 e. The van der Waals surface area contributed by atoms with Gasteiger partial charge in [-0.25, -0.2) is 14.2 Å². The van der Waals surface area contributed by atoms with Crippen molar-refractivity contribution in [3.63, 3.8) is 0 Å². The number of hydrogen-bond acceptors (Lipinski definition) is 4. The van der Waals surface area contributed by atoms with E-state index in [0.717, 1.165) is 0 Å². The van der Waals surface area contributed by atoms with Crippen molar-refractivity contribution < 1.29 is 27.1 Å². The van der Waals surface area contributed by atoms with E-state index in [-0.39, 0.29) is 50.5 Å². The van der Waals surface area contributed by atoms with Gasteiger partial charge in [0.2, 0.25) is 5.88 Å². The molecule has 1 aliphatic carbocycles. The van der Waals surface area contributed by atoms with Crippen LogP contribution in [0.4, 0.5) is 22.4 Å². The fourth-order valence-electron chi connectivity index (χ4n) is 2.79. The molecule has 2 heterocycles. The monoisotopic (exact) mass is 412 g/mol. The predicted octanol–water partition coefficient (Wildman–Crippen LogP) is 3.73. The second-order valence-corrected chi connectivity index (χ2v) is 6.86. The predicted molar refractivity (Wildman–Crippen MR) is 95.3 cm³/mol. The summed E-state index contributed by atoms with van der Waals surface area (Å²) in [5.74, 6) is -0.254. The van der Waals surface area contributed by atoms with Gasteiger partial charge >= 0.3 is 12.2 Å². The number of rotatable bonds is 8. The molecule has 10 heteroatoms. The van der Waals surface area contributed by atoms with Crippen LogP contribution in [0, 0.1) is 11.2 Å². The minimum Gasteiger partial charge on any atom is -0.471 e. The van der Waals surface area contributed by atoms with Gasteiger partial charge in [-0.05, 0) is 43.0 Å². The number of nitrogens with one attached hydrogen (secondary N) is 2. The number of halogens is 4. The lowest BCUT2D eigenvalue weighted by Crippen LogP contribution is -2.37. The minimum atomic E-state index is -4.23. The van der Waals surface area contributed by atoms with Gasteiger partial charge in [0.15, 0.2) is 0 Å². The smallest absolute Gasteiger partial charge is 0.394 e. The summed E-state index contributed by atoms with van der Waals surface area (Å²) < 4.78 is 57.5. The first-order valence-corrected chi connectivity index (χ1v) is 9.05. The van der Waals surface area contributed by atoms with Crippen LogP contribution in [0.1, 0.15) is 30.5 Å². The zero-order valence-corrected chi connectivity index (χ0v) is 15.4. The van der Waals surface area contributed by atoms with Gasteiger partial charge in [-0.1, -0.05) is 0 Å². The van der Waals surface area contributed by atoms with Gasteiger partial charge in [-0.15, -0.1) is 0 Å². The lowest BCUT2D eigenvalue weighted by molar-refractivity contribution is -0.188. The van der Waals surface area contributed by atoms with E-state index in [2.05, 4.69) is 20.6 Å². The molecule has 2 aromatic heterocycles. The highest BCUT2D eigenvalue weighted by molar-refractivity contribution is 5.73. The van der Waals surface area contributed by atoms with E-state index in [9.17, 15) is 22.4 Å². The third kappa shape index (κ3) is 5.55. The van der Waals surface area contributed by atoms with Crippen molar-refractivity contribution in [3.05, 3.63) is 53.7 Å². The maximum absolute atomic E-state index is 13.5. The Morgan fingerprint density at radius 3 is 2.66 bits per heavy atom. The maximum atomic E-state index is 13.5. The van der Waals surface area contributed by atoms with Crippen molar-refractivity contribution in [3.8, 4) is 5.88 Å². The SMILES string of the molecule is O=C(NCCC1(C(F)(F)F)CC1)NCc1ccnc(OCc2ncccc2F)c1. The van der Waals surface area contributed by atoms with Crippen molar-refractivity contribution in [1.82, 2.24) is 20.6 Å². The van der Waals surface area contributed by atoms with Crippen LogP contribution in [0.3, 0.4) is 0 Å². The Kier molecular flexibility index (Phi) is 6.19. The molecule has 6 nitrogen and oxygen atoms in total. The molecular weight excluding hydrogens is 392 g/mol. The highest BCUT2D eigenvalue weighted by Crippen LogP contribution is 2.59. The van der Waals surface area contributed by atoms with E-state index in [0.29, 0.717) is 5.56 Å². The fourth-order valence-corrected chi connectivity index (χ4v) is 2.79. The van der Waals surface area contributed by atoms with Crippen LogP contribution in [-0.2, 0) is 13.2 Å². The van der Waals surface area contributed by atoms with Crippen molar-refractivity contribution in [2.45, 2.75) is 38.6 Å². The molecule has 0 saturated heterocycles. The molecule has 3 rings (SSSR count). The number of urea groups is 1. The number of amides is 2. The topological polar surface area (TPSA) is 76.1 Å². The number of nitrogens with zero attached hydrogens (tertiary/aromatic N) is 2. The van der Waals surface area contributed by atoms with Crippen LogP contribution in [-0.4, -0.2) is 28.7 Å². The molecular formula is C19H20F4N4O2. The Labute approximate surface area is 164 Å². The molecule has 0 bridgehead atoms. The third-order valence-corrected chi connectivity index (χ3v) is 4.79. The van der Waals surface area contributed by atoms with Gasteiger partial charge in [-0.2, -0.15) is 13.2 Å². The van der Waals surface area contributed by atoms with Crippen LogP contribution in [0.2, 0.25) is 0 Å². The summed E-state index contributed by atoms with van der Waals surface area (Å²) >= 11 is 0. The van der Waals surface area contributed by atoms with E-state index in [1.807, 2.05) is 0 Å². The molecule has 0 aromatic carbocycles. The molecule has 1 fully saturated rings. The Balaban J connectivity index is 1.42. The van der Waals surface area contributed by atoms with Crippen LogP contribution >= 0.6 is 0 Å². The highest BCUT2D eigenvalue weighted by Gasteiger charge is 2.62. The number of pyridine rings is 2. The number of carbonyl (C=O) groups excluding carboxylic acids is 1. The average Bonchev–Trinajstić information content (AvgIpc) is 3.47. The summed E-state index contributed by atoms with van der Waals surface area (Å²) in [6, 6.07) is 5.42. The van der Waals surface area contributed by atoms with Gasteiger partial charge in [0, 0.05) is 31.5 Å². The zero-order chi connectivity index (χ0) is 20.9. The summed E-state index contributed by atoms with van der Waals surface area (Å²) in [6.45, 7) is -0.0171. The van der Waals surface area contributed by atoms with E-state index >= 15 is 0 Å². The quantitative estimate of drug-likeness (QED) is 0.648. The number of carbonyl (C=O) groups is 1. The van der Waals surface area contributed by atoms with E-state index < -0.39 is 23.4 Å². The third-order valence-electron chi connectivity index (χ3n) is 4.79. The first kappa shape index (κ1) is 20.8. The lowest BCUT2D eigenvalue weighted by Gasteiger charge is -2.19. The lowest BCUT2D eigenvalue weighted by atomic mass is 10.0. The van der Waals surface area contributed by atoms with Crippen molar-refractivity contribution >= 4 is 6.03 Å². The number of aromatic nitrogens is 2.